The number of H-pyrrole nitrogens is 1. The summed E-state index contributed by atoms with van der Waals surface area (Å²) in [5, 5.41) is 3.37. The number of nitrogens with one attached hydrogen (secondary N) is 1. The highest BCUT2D eigenvalue weighted by Crippen LogP contribution is 2.13. The molecule has 0 radical (unpaired) electrons. The van der Waals surface area contributed by atoms with Crippen LogP contribution >= 0.6 is 12.2 Å². The molecule has 0 saturated heterocycles. The van der Waals surface area contributed by atoms with E-state index in [-0.39, 0.29) is 0 Å². The number of aryl methyl sites for hydroxylation is 1. The zero-order valence-electron chi connectivity index (χ0n) is 10.5. The standard InChI is InChI=1S/C14H18N2S/c1-10(2)7-12-9-14(17)16(15-12)13-6-4-5-11(3)8-13/h4-6,8-10,15H,7H2,1-3H3. The predicted molar refractivity (Wildman–Crippen MR) is 74.2 cm³/mol. The van der Waals surface area contributed by atoms with Gasteiger partial charge in [0.2, 0.25) is 0 Å². The molecule has 0 aliphatic carbocycles. The summed E-state index contributed by atoms with van der Waals surface area (Å²) in [5.74, 6) is 0.633. The Balaban J connectivity index is 2.39. The highest BCUT2D eigenvalue weighted by atomic mass is 32.1. The van der Waals surface area contributed by atoms with Gasteiger partial charge in [0.05, 0.1) is 5.69 Å². The van der Waals surface area contributed by atoms with Crippen molar-refractivity contribution >= 4 is 12.2 Å². The van der Waals surface area contributed by atoms with E-state index in [1.807, 2.05) is 4.68 Å². The van der Waals surface area contributed by atoms with Crippen molar-refractivity contribution < 1.29 is 0 Å². The quantitative estimate of drug-likeness (QED) is 0.811. The molecule has 0 fully saturated rings. The molecule has 90 valence electrons. The van der Waals surface area contributed by atoms with Crippen LogP contribution < -0.4 is 0 Å². The van der Waals surface area contributed by atoms with Crippen LogP contribution in [0.1, 0.15) is 25.1 Å². The number of hydrogen-bond acceptors (Lipinski definition) is 1. The van der Waals surface area contributed by atoms with Crippen molar-refractivity contribution in [3.8, 4) is 5.69 Å². The maximum absolute atomic E-state index is 5.38. The van der Waals surface area contributed by atoms with Crippen LogP contribution in [0.5, 0.6) is 0 Å². The fourth-order valence-corrected chi connectivity index (χ4v) is 2.24. The molecule has 0 atom stereocenters. The Labute approximate surface area is 107 Å². The van der Waals surface area contributed by atoms with Crippen molar-refractivity contribution in [2.75, 3.05) is 0 Å². The van der Waals surface area contributed by atoms with E-state index in [9.17, 15) is 0 Å². The number of rotatable bonds is 3. The zero-order valence-corrected chi connectivity index (χ0v) is 11.3. The van der Waals surface area contributed by atoms with Crippen molar-refractivity contribution in [1.82, 2.24) is 9.78 Å². The molecule has 17 heavy (non-hydrogen) atoms. The van der Waals surface area contributed by atoms with Gasteiger partial charge in [-0.2, -0.15) is 0 Å². The van der Waals surface area contributed by atoms with Gasteiger partial charge in [-0.05, 0) is 43.0 Å². The highest BCUT2D eigenvalue weighted by molar-refractivity contribution is 7.71. The Morgan fingerprint density at radius 2 is 2.06 bits per heavy atom. The van der Waals surface area contributed by atoms with Crippen molar-refractivity contribution in [2.24, 2.45) is 5.92 Å². The Morgan fingerprint density at radius 1 is 1.29 bits per heavy atom. The minimum absolute atomic E-state index is 0.633. The Bertz CT molecular complexity index is 564. The third-order valence-electron chi connectivity index (χ3n) is 2.66. The van der Waals surface area contributed by atoms with Crippen LogP contribution in [-0.2, 0) is 6.42 Å². The lowest BCUT2D eigenvalue weighted by Crippen LogP contribution is -1.99. The molecule has 1 heterocycles. The van der Waals surface area contributed by atoms with E-state index in [1.165, 1.54) is 11.3 Å². The van der Waals surface area contributed by atoms with Gasteiger partial charge in [-0.25, -0.2) is 4.68 Å². The molecule has 2 rings (SSSR count). The summed E-state index contributed by atoms with van der Waals surface area (Å²) in [6.45, 7) is 6.51. The molecule has 2 aromatic rings. The predicted octanol–water partition coefficient (Wildman–Crippen LogP) is 4.04. The molecule has 2 nitrogen and oxygen atoms in total. The number of aromatic nitrogens is 2. The maximum Gasteiger partial charge on any atom is 0.127 e. The molecule has 3 heteroatoms. The fourth-order valence-electron chi connectivity index (χ4n) is 1.95. The normalized spacial score (nSPS) is 11.1. The Morgan fingerprint density at radius 3 is 2.71 bits per heavy atom. The van der Waals surface area contributed by atoms with Crippen molar-refractivity contribution in [3.05, 3.63) is 46.2 Å². The summed E-state index contributed by atoms with van der Waals surface area (Å²) >= 11 is 5.38. The Kier molecular flexibility index (Phi) is 3.48. The van der Waals surface area contributed by atoms with E-state index in [2.05, 4.69) is 56.2 Å². The minimum Gasteiger partial charge on any atom is -0.297 e. The lowest BCUT2D eigenvalue weighted by atomic mass is 10.1. The van der Waals surface area contributed by atoms with Gasteiger partial charge in [0, 0.05) is 5.69 Å². The molecule has 0 spiro atoms. The number of aromatic amines is 1. The smallest absolute Gasteiger partial charge is 0.127 e. The average molecular weight is 246 g/mol. The van der Waals surface area contributed by atoms with Gasteiger partial charge in [0.15, 0.2) is 0 Å². The summed E-state index contributed by atoms with van der Waals surface area (Å²) < 4.78 is 2.81. The first-order valence-electron chi connectivity index (χ1n) is 5.94. The van der Waals surface area contributed by atoms with E-state index in [0.717, 1.165) is 16.7 Å². The maximum atomic E-state index is 5.38. The third kappa shape index (κ3) is 2.86. The van der Waals surface area contributed by atoms with Crippen LogP contribution in [0.2, 0.25) is 0 Å². The summed E-state index contributed by atoms with van der Waals surface area (Å²) in [5.41, 5.74) is 3.54. The highest BCUT2D eigenvalue weighted by Gasteiger charge is 2.04. The van der Waals surface area contributed by atoms with Crippen LogP contribution in [0.25, 0.3) is 5.69 Å². The van der Waals surface area contributed by atoms with E-state index in [4.69, 9.17) is 12.2 Å². The lowest BCUT2D eigenvalue weighted by Gasteiger charge is -2.05. The molecular formula is C14H18N2S. The van der Waals surface area contributed by atoms with Gasteiger partial charge >= 0.3 is 0 Å². The average Bonchev–Trinajstić information content (AvgIpc) is 2.58. The van der Waals surface area contributed by atoms with Gasteiger partial charge in [-0.3, -0.25) is 5.10 Å². The SMILES string of the molecule is Cc1cccc(-n2[nH]c(CC(C)C)cc2=S)c1. The van der Waals surface area contributed by atoms with Crippen LogP contribution in [0.3, 0.4) is 0 Å². The third-order valence-corrected chi connectivity index (χ3v) is 2.96. The van der Waals surface area contributed by atoms with E-state index >= 15 is 0 Å². The molecular weight excluding hydrogens is 228 g/mol. The zero-order chi connectivity index (χ0) is 12.4. The Hall–Kier alpha value is -1.35. The largest absolute Gasteiger partial charge is 0.297 e. The first-order valence-corrected chi connectivity index (χ1v) is 6.35. The second kappa shape index (κ2) is 4.88. The van der Waals surface area contributed by atoms with Crippen LogP contribution in [-0.4, -0.2) is 9.78 Å². The molecule has 0 aliphatic heterocycles. The summed E-state index contributed by atoms with van der Waals surface area (Å²) in [6, 6.07) is 10.4. The molecule has 1 aromatic carbocycles. The van der Waals surface area contributed by atoms with E-state index in [0.29, 0.717) is 5.92 Å². The van der Waals surface area contributed by atoms with Gasteiger partial charge in [0.25, 0.3) is 0 Å². The molecule has 0 bridgehead atoms. The van der Waals surface area contributed by atoms with E-state index < -0.39 is 0 Å². The summed E-state index contributed by atoms with van der Waals surface area (Å²) in [7, 11) is 0. The second-order valence-corrected chi connectivity index (χ2v) is 5.31. The number of nitrogens with zero attached hydrogens (tertiary/aromatic N) is 1. The van der Waals surface area contributed by atoms with Gasteiger partial charge in [0.1, 0.15) is 4.64 Å². The lowest BCUT2D eigenvalue weighted by molar-refractivity contribution is 0.628. The van der Waals surface area contributed by atoms with Crippen molar-refractivity contribution in [3.63, 3.8) is 0 Å². The van der Waals surface area contributed by atoms with Crippen LogP contribution in [0, 0.1) is 17.5 Å². The van der Waals surface area contributed by atoms with Crippen LogP contribution in [0.15, 0.2) is 30.3 Å². The first-order chi connectivity index (χ1) is 8.06. The molecule has 0 aliphatic rings. The summed E-state index contributed by atoms with van der Waals surface area (Å²) in [4.78, 5) is 0. The fraction of sp³-hybridized carbons (Fsp3) is 0.357. The second-order valence-electron chi connectivity index (χ2n) is 4.89. The monoisotopic (exact) mass is 246 g/mol. The molecule has 1 N–H and O–H groups in total. The first kappa shape index (κ1) is 12.1. The van der Waals surface area contributed by atoms with Crippen molar-refractivity contribution in [2.45, 2.75) is 27.2 Å². The van der Waals surface area contributed by atoms with Crippen LogP contribution in [0.4, 0.5) is 0 Å². The molecule has 0 amide bonds. The van der Waals surface area contributed by atoms with Crippen molar-refractivity contribution in [1.29, 1.82) is 0 Å². The summed E-state index contributed by atoms with van der Waals surface area (Å²) in [6.07, 6.45) is 1.03. The van der Waals surface area contributed by atoms with Gasteiger partial charge in [-0.15, -0.1) is 0 Å². The molecule has 0 unspecified atom stereocenters. The molecule has 0 saturated carbocycles. The number of hydrogen-bond donors (Lipinski definition) is 1. The van der Waals surface area contributed by atoms with Gasteiger partial charge in [-0.1, -0.05) is 38.2 Å². The minimum atomic E-state index is 0.633. The van der Waals surface area contributed by atoms with E-state index in [1.54, 1.807) is 0 Å². The number of benzene rings is 1. The molecule has 1 aromatic heterocycles. The van der Waals surface area contributed by atoms with Gasteiger partial charge < -0.3 is 0 Å². The topological polar surface area (TPSA) is 20.7 Å².